The number of allylic oxidation sites excluding steroid dienone is 5. The standard InChI is InChI=1S/C60H113NO5/c1-3-5-7-9-11-13-15-17-19-20-21-22-23-24-25-26-27-28-32-36-40-44-48-52-58(63)57(56-62)61-59(64)53-49-45-41-37-33-30-31-35-39-43-47-51-55-66-60(65)54-50-46-42-38-34-29-18-16-14-12-10-8-6-4-2/h16,18,31,35,48,52,57-58,62-63H,3-15,17,19-30,32-34,36-47,49-51,53-56H2,1-2H3,(H,61,64)/b18-16-,35-31-,52-48+. The lowest BCUT2D eigenvalue weighted by Crippen LogP contribution is -2.45. The van der Waals surface area contributed by atoms with E-state index in [9.17, 15) is 19.8 Å². The fourth-order valence-electron chi connectivity index (χ4n) is 8.86. The Morgan fingerprint density at radius 2 is 0.712 bits per heavy atom. The first-order valence-corrected chi connectivity index (χ1v) is 29.3. The largest absolute Gasteiger partial charge is 0.466 e. The summed E-state index contributed by atoms with van der Waals surface area (Å²) in [6.07, 6.45) is 68.8. The van der Waals surface area contributed by atoms with E-state index in [0.717, 1.165) is 83.5 Å². The highest BCUT2D eigenvalue weighted by Crippen LogP contribution is 2.17. The smallest absolute Gasteiger partial charge is 0.305 e. The van der Waals surface area contributed by atoms with Gasteiger partial charge in [-0.15, -0.1) is 0 Å². The third-order valence-corrected chi connectivity index (χ3v) is 13.4. The van der Waals surface area contributed by atoms with E-state index in [-0.39, 0.29) is 18.5 Å². The SMILES string of the molecule is CCCCCCC/C=C\CCCCCCCC(=O)OCCCCC/C=C\CCCCCCCC(=O)NC(CO)C(O)/C=C/CCCCCCCCCCCCCCCCCCCCCCC. The number of aliphatic hydroxyl groups excluding tert-OH is 2. The zero-order valence-electron chi connectivity index (χ0n) is 44.2. The average Bonchev–Trinajstić information content (AvgIpc) is 3.32. The second-order valence-electron chi connectivity index (χ2n) is 20.0. The molecule has 0 aliphatic carbocycles. The van der Waals surface area contributed by atoms with Crippen molar-refractivity contribution in [3.05, 3.63) is 36.5 Å². The molecule has 6 nitrogen and oxygen atoms in total. The van der Waals surface area contributed by atoms with Crippen molar-refractivity contribution < 1.29 is 24.5 Å². The second kappa shape index (κ2) is 55.7. The lowest BCUT2D eigenvalue weighted by Gasteiger charge is -2.20. The number of carbonyl (C=O) groups excluding carboxylic acids is 2. The number of carbonyl (C=O) groups is 2. The number of nitrogens with one attached hydrogen (secondary N) is 1. The molecule has 0 radical (unpaired) electrons. The lowest BCUT2D eigenvalue weighted by atomic mass is 10.0. The molecule has 0 aromatic carbocycles. The quantitative estimate of drug-likeness (QED) is 0.0321. The van der Waals surface area contributed by atoms with Crippen molar-refractivity contribution in [2.75, 3.05) is 13.2 Å². The van der Waals surface area contributed by atoms with Crippen LogP contribution in [0.2, 0.25) is 0 Å². The minimum Gasteiger partial charge on any atom is -0.466 e. The van der Waals surface area contributed by atoms with Crippen molar-refractivity contribution in [3.63, 3.8) is 0 Å². The van der Waals surface area contributed by atoms with E-state index in [1.165, 1.54) is 199 Å². The van der Waals surface area contributed by atoms with Crippen molar-refractivity contribution in [3.8, 4) is 0 Å². The van der Waals surface area contributed by atoms with Gasteiger partial charge in [0.05, 0.1) is 25.4 Å². The monoisotopic (exact) mass is 928 g/mol. The lowest BCUT2D eigenvalue weighted by molar-refractivity contribution is -0.143. The number of hydrogen-bond donors (Lipinski definition) is 3. The van der Waals surface area contributed by atoms with Gasteiger partial charge in [-0.25, -0.2) is 0 Å². The zero-order chi connectivity index (χ0) is 47.9. The molecule has 0 bridgehead atoms. The number of ether oxygens (including phenoxy) is 1. The molecule has 0 aliphatic heterocycles. The van der Waals surface area contributed by atoms with Crippen molar-refractivity contribution >= 4 is 11.9 Å². The first-order valence-electron chi connectivity index (χ1n) is 29.3. The van der Waals surface area contributed by atoms with Gasteiger partial charge in [0.1, 0.15) is 0 Å². The van der Waals surface area contributed by atoms with E-state index in [1.807, 2.05) is 6.08 Å². The van der Waals surface area contributed by atoms with Gasteiger partial charge in [-0.3, -0.25) is 9.59 Å². The van der Waals surface area contributed by atoms with Crippen molar-refractivity contribution in [1.29, 1.82) is 0 Å². The Kier molecular flexibility index (Phi) is 54.1. The van der Waals surface area contributed by atoms with Gasteiger partial charge in [0.25, 0.3) is 0 Å². The Morgan fingerprint density at radius 1 is 0.409 bits per heavy atom. The van der Waals surface area contributed by atoms with Crippen LogP contribution < -0.4 is 5.32 Å². The van der Waals surface area contributed by atoms with Crippen LogP contribution in [0.4, 0.5) is 0 Å². The van der Waals surface area contributed by atoms with Crippen LogP contribution >= 0.6 is 0 Å². The van der Waals surface area contributed by atoms with E-state index in [0.29, 0.717) is 19.4 Å². The third kappa shape index (κ3) is 51.5. The molecular weight excluding hydrogens is 815 g/mol. The normalized spacial score (nSPS) is 12.8. The molecule has 388 valence electrons. The highest BCUT2D eigenvalue weighted by atomic mass is 16.5. The third-order valence-electron chi connectivity index (χ3n) is 13.4. The van der Waals surface area contributed by atoms with E-state index in [1.54, 1.807) is 6.08 Å². The number of unbranched alkanes of at least 4 members (excludes halogenated alkanes) is 39. The van der Waals surface area contributed by atoms with Crippen molar-refractivity contribution in [2.45, 2.75) is 321 Å². The van der Waals surface area contributed by atoms with Crippen molar-refractivity contribution in [1.82, 2.24) is 5.32 Å². The summed E-state index contributed by atoms with van der Waals surface area (Å²) < 4.78 is 5.44. The molecule has 1 amide bonds. The highest BCUT2D eigenvalue weighted by Gasteiger charge is 2.18. The summed E-state index contributed by atoms with van der Waals surface area (Å²) in [5, 5.41) is 23.2. The van der Waals surface area contributed by atoms with E-state index in [4.69, 9.17) is 4.74 Å². The summed E-state index contributed by atoms with van der Waals surface area (Å²) in [6, 6.07) is -0.648. The number of esters is 1. The number of rotatable bonds is 54. The topological polar surface area (TPSA) is 95.9 Å². The summed E-state index contributed by atoms with van der Waals surface area (Å²) in [5.74, 6) is -0.125. The molecular formula is C60H113NO5. The second-order valence-corrected chi connectivity index (χ2v) is 20.0. The Labute approximate surface area is 411 Å². The van der Waals surface area contributed by atoms with Crippen LogP contribution in [0.25, 0.3) is 0 Å². The Morgan fingerprint density at radius 3 is 1.08 bits per heavy atom. The molecule has 0 spiro atoms. The summed E-state index contributed by atoms with van der Waals surface area (Å²) in [5.41, 5.74) is 0. The predicted molar refractivity (Wildman–Crippen MR) is 287 cm³/mol. The molecule has 66 heavy (non-hydrogen) atoms. The van der Waals surface area contributed by atoms with Crippen LogP contribution in [0.1, 0.15) is 309 Å². The molecule has 0 aromatic rings. The van der Waals surface area contributed by atoms with Crippen LogP contribution in [0.3, 0.4) is 0 Å². The number of amides is 1. The predicted octanol–water partition coefficient (Wildman–Crippen LogP) is 18.0. The molecule has 6 heteroatoms. The molecule has 0 fully saturated rings. The molecule has 0 saturated heterocycles. The molecule has 0 aliphatic rings. The molecule has 0 heterocycles. The zero-order valence-corrected chi connectivity index (χ0v) is 44.2. The Hall–Kier alpha value is -1.92. The van der Waals surface area contributed by atoms with Gasteiger partial charge in [0.15, 0.2) is 0 Å². The summed E-state index contributed by atoms with van der Waals surface area (Å²) in [4.78, 5) is 24.5. The molecule has 2 unspecified atom stereocenters. The van der Waals surface area contributed by atoms with Gasteiger partial charge in [0, 0.05) is 12.8 Å². The maximum absolute atomic E-state index is 12.5. The van der Waals surface area contributed by atoms with Crippen LogP contribution in [-0.4, -0.2) is 47.4 Å². The van der Waals surface area contributed by atoms with E-state index < -0.39 is 12.1 Å². The molecule has 0 saturated carbocycles. The van der Waals surface area contributed by atoms with Gasteiger partial charge in [0.2, 0.25) is 5.91 Å². The van der Waals surface area contributed by atoms with Crippen LogP contribution in [0, 0.1) is 0 Å². The average molecular weight is 929 g/mol. The van der Waals surface area contributed by atoms with E-state index >= 15 is 0 Å². The summed E-state index contributed by atoms with van der Waals surface area (Å²) in [7, 11) is 0. The summed E-state index contributed by atoms with van der Waals surface area (Å²) in [6.45, 7) is 4.84. The minimum absolute atomic E-state index is 0.0327. The van der Waals surface area contributed by atoms with Crippen LogP contribution in [0.5, 0.6) is 0 Å². The number of aliphatic hydroxyl groups is 2. The molecule has 2 atom stereocenters. The minimum atomic E-state index is -0.862. The fourth-order valence-corrected chi connectivity index (χ4v) is 8.86. The summed E-state index contributed by atoms with van der Waals surface area (Å²) >= 11 is 0. The van der Waals surface area contributed by atoms with Crippen LogP contribution in [-0.2, 0) is 14.3 Å². The van der Waals surface area contributed by atoms with Gasteiger partial charge in [-0.05, 0) is 89.9 Å². The molecule has 0 rings (SSSR count). The molecule has 0 aromatic heterocycles. The Bertz CT molecular complexity index is 1070. The first-order chi connectivity index (χ1) is 32.5. The van der Waals surface area contributed by atoms with Crippen LogP contribution in [0.15, 0.2) is 36.5 Å². The van der Waals surface area contributed by atoms with Gasteiger partial charge >= 0.3 is 5.97 Å². The Balaban J connectivity index is 3.54. The first kappa shape index (κ1) is 64.1. The van der Waals surface area contributed by atoms with Gasteiger partial charge in [-0.2, -0.15) is 0 Å². The maximum atomic E-state index is 12.5. The van der Waals surface area contributed by atoms with E-state index in [2.05, 4.69) is 43.5 Å². The number of hydrogen-bond acceptors (Lipinski definition) is 5. The fraction of sp³-hybridized carbons (Fsp3) is 0.867. The molecule has 3 N–H and O–H groups in total. The maximum Gasteiger partial charge on any atom is 0.305 e. The highest BCUT2D eigenvalue weighted by molar-refractivity contribution is 5.76. The van der Waals surface area contributed by atoms with Gasteiger partial charge in [-0.1, -0.05) is 243 Å². The van der Waals surface area contributed by atoms with Gasteiger partial charge < -0.3 is 20.3 Å². The van der Waals surface area contributed by atoms with Crippen molar-refractivity contribution in [2.24, 2.45) is 0 Å².